The lowest BCUT2D eigenvalue weighted by molar-refractivity contribution is 0.215. The molecular formula is C14H28N2. The Balaban J connectivity index is 1.71. The van der Waals surface area contributed by atoms with E-state index in [9.17, 15) is 0 Å². The third-order valence-corrected chi connectivity index (χ3v) is 4.23. The third-order valence-electron chi connectivity index (χ3n) is 4.23. The molecule has 0 bridgehead atoms. The molecule has 2 N–H and O–H groups in total. The van der Waals surface area contributed by atoms with Crippen molar-refractivity contribution in [3.8, 4) is 0 Å². The third kappa shape index (κ3) is 3.46. The summed E-state index contributed by atoms with van der Waals surface area (Å²) in [5, 5.41) is 7.52. The lowest BCUT2D eigenvalue weighted by Gasteiger charge is -2.38. The Labute approximate surface area is 101 Å². The highest BCUT2D eigenvalue weighted by atomic mass is 15.1. The Morgan fingerprint density at radius 2 is 1.75 bits per heavy atom. The summed E-state index contributed by atoms with van der Waals surface area (Å²) >= 11 is 0. The molecule has 0 radical (unpaired) electrons. The largest absolute Gasteiger partial charge is 0.311 e. The van der Waals surface area contributed by atoms with Crippen LogP contribution in [0.25, 0.3) is 0 Å². The van der Waals surface area contributed by atoms with Gasteiger partial charge in [-0.1, -0.05) is 33.1 Å². The molecule has 2 unspecified atom stereocenters. The van der Waals surface area contributed by atoms with Gasteiger partial charge in [0, 0.05) is 25.2 Å². The van der Waals surface area contributed by atoms with Crippen LogP contribution in [0.3, 0.4) is 0 Å². The van der Waals surface area contributed by atoms with Crippen LogP contribution < -0.4 is 10.6 Å². The minimum absolute atomic E-state index is 0.708. The normalized spacial score (nSPS) is 33.2. The summed E-state index contributed by atoms with van der Waals surface area (Å²) in [6, 6.07) is 1.46. The topological polar surface area (TPSA) is 24.1 Å². The fourth-order valence-electron chi connectivity index (χ4n) is 3.34. The second kappa shape index (κ2) is 6.02. The van der Waals surface area contributed by atoms with Crippen molar-refractivity contribution in [3.63, 3.8) is 0 Å². The van der Waals surface area contributed by atoms with E-state index in [1.54, 1.807) is 0 Å². The number of hydrogen-bond donors (Lipinski definition) is 2. The predicted molar refractivity (Wildman–Crippen MR) is 69.6 cm³/mol. The number of rotatable bonds is 3. The van der Waals surface area contributed by atoms with Gasteiger partial charge < -0.3 is 10.6 Å². The summed E-state index contributed by atoms with van der Waals surface area (Å²) in [6.07, 6.45) is 8.59. The van der Waals surface area contributed by atoms with Gasteiger partial charge in [0.15, 0.2) is 0 Å². The van der Waals surface area contributed by atoms with E-state index in [0.717, 1.165) is 17.9 Å². The van der Waals surface area contributed by atoms with Crippen LogP contribution in [0.1, 0.15) is 52.4 Å². The Morgan fingerprint density at radius 1 is 1.00 bits per heavy atom. The molecule has 2 aliphatic rings. The molecule has 16 heavy (non-hydrogen) atoms. The second-order valence-corrected chi connectivity index (χ2v) is 6.15. The summed E-state index contributed by atoms with van der Waals surface area (Å²) in [4.78, 5) is 0. The minimum atomic E-state index is 0.708. The predicted octanol–water partition coefficient (Wildman–Crippen LogP) is 2.54. The van der Waals surface area contributed by atoms with Crippen LogP contribution in [0.2, 0.25) is 0 Å². The Bertz CT molecular complexity index is 189. The van der Waals surface area contributed by atoms with Gasteiger partial charge in [0.2, 0.25) is 0 Å². The molecule has 2 atom stereocenters. The average Bonchev–Trinajstić information content (AvgIpc) is 2.30. The van der Waals surface area contributed by atoms with E-state index in [0.29, 0.717) is 6.04 Å². The molecule has 1 saturated heterocycles. The standard InChI is InChI=1S/C14H28N2/c1-11(2)8-13-9-16-14(10-15-13)12-6-4-3-5-7-12/h11-16H,3-10H2,1-2H3. The summed E-state index contributed by atoms with van der Waals surface area (Å²) in [5.41, 5.74) is 0. The second-order valence-electron chi connectivity index (χ2n) is 6.15. The molecule has 0 aromatic carbocycles. The van der Waals surface area contributed by atoms with Gasteiger partial charge in [-0.2, -0.15) is 0 Å². The highest BCUT2D eigenvalue weighted by Gasteiger charge is 2.27. The number of hydrogen-bond acceptors (Lipinski definition) is 2. The zero-order valence-electron chi connectivity index (χ0n) is 11.0. The zero-order chi connectivity index (χ0) is 11.4. The van der Waals surface area contributed by atoms with E-state index in [1.165, 1.54) is 51.6 Å². The van der Waals surface area contributed by atoms with Gasteiger partial charge in [0.1, 0.15) is 0 Å². The van der Waals surface area contributed by atoms with Gasteiger partial charge in [0.25, 0.3) is 0 Å². The minimum Gasteiger partial charge on any atom is -0.311 e. The summed E-state index contributed by atoms with van der Waals surface area (Å²) < 4.78 is 0. The summed E-state index contributed by atoms with van der Waals surface area (Å²) in [7, 11) is 0. The van der Waals surface area contributed by atoms with Gasteiger partial charge in [-0.05, 0) is 31.1 Å². The van der Waals surface area contributed by atoms with Gasteiger partial charge in [-0.25, -0.2) is 0 Å². The molecule has 1 aliphatic heterocycles. The van der Waals surface area contributed by atoms with Crippen LogP contribution in [0.4, 0.5) is 0 Å². The van der Waals surface area contributed by atoms with Crippen molar-refractivity contribution in [2.24, 2.45) is 11.8 Å². The Hall–Kier alpha value is -0.0800. The van der Waals surface area contributed by atoms with E-state index in [4.69, 9.17) is 0 Å². The highest BCUT2D eigenvalue weighted by Crippen LogP contribution is 2.27. The SMILES string of the molecule is CC(C)CC1CNC(C2CCCCC2)CN1. The maximum Gasteiger partial charge on any atom is 0.0221 e. The van der Waals surface area contributed by atoms with E-state index in [1.807, 2.05) is 0 Å². The molecule has 2 heteroatoms. The van der Waals surface area contributed by atoms with Gasteiger partial charge in [0.05, 0.1) is 0 Å². The van der Waals surface area contributed by atoms with Crippen LogP contribution in [-0.4, -0.2) is 25.2 Å². The van der Waals surface area contributed by atoms with Crippen molar-refractivity contribution >= 4 is 0 Å². The number of nitrogens with one attached hydrogen (secondary N) is 2. The zero-order valence-corrected chi connectivity index (χ0v) is 11.0. The van der Waals surface area contributed by atoms with E-state index in [-0.39, 0.29) is 0 Å². The molecule has 0 aromatic rings. The fourth-order valence-corrected chi connectivity index (χ4v) is 3.34. The van der Waals surface area contributed by atoms with Crippen molar-refractivity contribution < 1.29 is 0 Å². The first-order chi connectivity index (χ1) is 7.75. The Kier molecular flexibility index (Phi) is 4.66. The maximum atomic E-state index is 3.78. The van der Waals surface area contributed by atoms with E-state index < -0.39 is 0 Å². The van der Waals surface area contributed by atoms with Gasteiger partial charge in [-0.15, -0.1) is 0 Å². The first-order valence-electron chi connectivity index (χ1n) is 7.22. The van der Waals surface area contributed by atoms with Crippen molar-refractivity contribution in [3.05, 3.63) is 0 Å². The van der Waals surface area contributed by atoms with Crippen LogP contribution in [0.5, 0.6) is 0 Å². The molecule has 1 saturated carbocycles. The molecule has 2 nitrogen and oxygen atoms in total. The van der Waals surface area contributed by atoms with Crippen LogP contribution >= 0.6 is 0 Å². The average molecular weight is 224 g/mol. The molecule has 0 spiro atoms. The lowest BCUT2D eigenvalue weighted by atomic mass is 9.83. The van der Waals surface area contributed by atoms with E-state index in [2.05, 4.69) is 24.5 Å². The van der Waals surface area contributed by atoms with E-state index >= 15 is 0 Å². The molecule has 0 amide bonds. The first-order valence-corrected chi connectivity index (χ1v) is 7.22. The molecule has 0 aromatic heterocycles. The lowest BCUT2D eigenvalue weighted by Crippen LogP contribution is -2.57. The highest BCUT2D eigenvalue weighted by molar-refractivity contribution is 4.88. The Morgan fingerprint density at radius 3 is 2.31 bits per heavy atom. The molecule has 2 fully saturated rings. The summed E-state index contributed by atoms with van der Waals surface area (Å²) in [5.74, 6) is 1.76. The molecular weight excluding hydrogens is 196 g/mol. The smallest absolute Gasteiger partial charge is 0.0221 e. The van der Waals surface area contributed by atoms with Crippen molar-refractivity contribution in [1.29, 1.82) is 0 Å². The molecule has 1 aliphatic carbocycles. The quantitative estimate of drug-likeness (QED) is 0.770. The monoisotopic (exact) mass is 224 g/mol. The fraction of sp³-hybridized carbons (Fsp3) is 1.00. The summed E-state index contributed by atoms with van der Waals surface area (Å²) in [6.45, 7) is 7.01. The van der Waals surface area contributed by atoms with Gasteiger partial charge >= 0.3 is 0 Å². The molecule has 2 rings (SSSR count). The maximum absolute atomic E-state index is 3.78. The van der Waals surface area contributed by atoms with Crippen LogP contribution in [0, 0.1) is 11.8 Å². The molecule has 94 valence electrons. The van der Waals surface area contributed by atoms with Crippen LogP contribution in [-0.2, 0) is 0 Å². The first kappa shape index (κ1) is 12.4. The van der Waals surface area contributed by atoms with Crippen LogP contribution in [0.15, 0.2) is 0 Å². The van der Waals surface area contributed by atoms with Crippen molar-refractivity contribution in [2.45, 2.75) is 64.5 Å². The van der Waals surface area contributed by atoms with Crippen molar-refractivity contribution in [2.75, 3.05) is 13.1 Å². The van der Waals surface area contributed by atoms with Crippen molar-refractivity contribution in [1.82, 2.24) is 10.6 Å². The van der Waals surface area contributed by atoms with Gasteiger partial charge in [-0.3, -0.25) is 0 Å². The number of piperazine rings is 1. The molecule has 1 heterocycles.